The molecule has 1 atom stereocenters. The largest absolute Gasteiger partial charge is 0.393 e. The van der Waals surface area contributed by atoms with E-state index in [4.69, 9.17) is 0 Å². The number of nitrogens with one attached hydrogen (secondary N) is 1. The van der Waals surface area contributed by atoms with Gasteiger partial charge in [-0.2, -0.15) is 12.7 Å². The molecular weight excluding hydrogens is 276 g/mol. The predicted octanol–water partition coefficient (Wildman–Crippen LogP) is 1.74. The van der Waals surface area contributed by atoms with E-state index in [1.807, 2.05) is 6.92 Å². The maximum absolute atomic E-state index is 12.1. The minimum atomic E-state index is -3.38. The van der Waals surface area contributed by atoms with Crippen molar-refractivity contribution in [3.63, 3.8) is 0 Å². The van der Waals surface area contributed by atoms with Crippen LogP contribution in [0, 0.1) is 11.3 Å². The van der Waals surface area contributed by atoms with Gasteiger partial charge >= 0.3 is 0 Å². The molecule has 0 saturated carbocycles. The van der Waals surface area contributed by atoms with Crippen LogP contribution in [0.15, 0.2) is 0 Å². The first kappa shape index (κ1) is 17.9. The minimum Gasteiger partial charge on any atom is -0.393 e. The van der Waals surface area contributed by atoms with Crippen molar-refractivity contribution in [3.8, 4) is 0 Å². The Balaban J connectivity index is 2.43. The molecule has 0 bridgehead atoms. The van der Waals surface area contributed by atoms with Crippen LogP contribution >= 0.6 is 0 Å². The Morgan fingerprint density at radius 1 is 1.30 bits per heavy atom. The average Bonchev–Trinajstić information content (AvgIpc) is 2.37. The monoisotopic (exact) mass is 306 g/mol. The van der Waals surface area contributed by atoms with Crippen molar-refractivity contribution in [3.05, 3.63) is 0 Å². The van der Waals surface area contributed by atoms with Crippen molar-refractivity contribution >= 4 is 10.2 Å². The molecule has 20 heavy (non-hydrogen) atoms. The zero-order valence-electron chi connectivity index (χ0n) is 13.2. The van der Waals surface area contributed by atoms with Gasteiger partial charge < -0.3 is 5.11 Å². The predicted molar refractivity (Wildman–Crippen MR) is 81.6 cm³/mol. The Morgan fingerprint density at radius 3 is 2.30 bits per heavy atom. The second kappa shape index (κ2) is 7.20. The molecule has 1 unspecified atom stereocenters. The van der Waals surface area contributed by atoms with Crippen LogP contribution in [0.2, 0.25) is 0 Å². The lowest BCUT2D eigenvalue weighted by Crippen LogP contribution is -2.47. The maximum atomic E-state index is 12.1. The zero-order valence-corrected chi connectivity index (χ0v) is 14.0. The molecule has 1 heterocycles. The molecule has 1 aliphatic heterocycles. The van der Waals surface area contributed by atoms with Crippen LogP contribution in [-0.2, 0) is 10.2 Å². The van der Waals surface area contributed by atoms with Gasteiger partial charge in [-0.25, -0.2) is 4.72 Å². The molecular formula is C14H30N2O3S. The highest BCUT2D eigenvalue weighted by atomic mass is 32.2. The van der Waals surface area contributed by atoms with Gasteiger partial charge in [0.05, 0.1) is 6.10 Å². The van der Waals surface area contributed by atoms with E-state index in [1.165, 1.54) is 4.31 Å². The molecule has 5 nitrogen and oxygen atoms in total. The van der Waals surface area contributed by atoms with Crippen molar-refractivity contribution in [1.29, 1.82) is 0 Å². The number of hydrogen-bond acceptors (Lipinski definition) is 3. The first-order chi connectivity index (χ1) is 9.16. The second-order valence-corrected chi connectivity index (χ2v) is 8.54. The van der Waals surface area contributed by atoms with Gasteiger partial charge in [0.2, 0.25) is 0 Å². The number of hydrogen-bond donors (Lipinski definition) is 2. The summed E-state index contributed by atoms with van der Waals surface area (Å²) < 4.78 is 28.4. The highest BCUT2D eigenvalue weighted by molar-refractivity contribution is 7.87. The third kappa shape index (κ3) is 5.31. The number of aliphatic hydroxyl groups is 1. The molecule has 0 aromatic carbocycles. The number of aliphatic hydroxyl groups excluding tert-OH is 1. The number of nitrogens with zero attached hydrogens (tertiary/aromatic N) is 1. The van der Waals surface area contributed by atoms with E-state index < -0.39 is 16.3 Å². The normalized spacial score (nSPS) is 21.1. The van der Waals surface area contributed by atoms with Gasteiger partial charge in [0.25, 0.3) is 10.2 Å². The summed E-state index contributed by atoms with van der Waals surface area (Å²) in [6.45, 7) is 10.0. The molecule has 0 aliphatic carbocycles. The number of rotatable bonds is 6. The van der Waals surface area contributed by atoms with Crippen LogP contribution in [0.1, 0.15) is 53.4 Å². The van der Waals surface area contributed by atoms with Gasteiger partial charge in [-0.15, -0.1) is 0 Å². The molecule has 1 fully saturated rings. The van der Waals surface area contributed by atoms with E-state index in [0.29, 0.717) is 38.4 Å². The molecule has 0 amide bonds. The summed E-state index contributed by atoms with van der Waals surface area (Å²) in [4.78, 5) is 0. The standard InChI is InChI=1S/C14H30N2O3S/c1-5-13(17)6-9-15-20(18,19)16-10-7-12(8-11-16)14(2,3)4/h12-13,15,17H,5-11H2,1-4H3. The molecule has 6 heteroatoms. The molecule has 1 saturated heterocycles. The van der Waals surface area contributed by atoms with Gasteiger partial charge in [0.1, 0.15) is 0 Å². The molecule has 0 aromatic heterocycles. The fraction of sp³-hybridized carbons (Fsp3) is 1.00. The van der Waals surface area contributed by atoms with E-state index in [1.54, 1.807) is 0 Å². The van der Waals surface area contributed by atoms with Crippen molar-refractivity contribution in [1.82, 2.24) is 9.03 Å². The molecule has 120 valence electrons. The van der Waals surface area contributed by atoms with Crippen LogP contribution < -0.4 is 4.72 Å². The Bertz CT molecular complexity index is 382. The summed E-state index contributed by atoms with van der Waals surface area (Å²) in [7, 11) is -3.38. The quantitative estimate of drug-likeness (QED) is 0.785. The summed E-state index contributed by atoms with van der Waals surface area (Å²) >= 11 is 0. The Kier molecular flexibility index (Phi) is 6.44. The molecule has 0 aromatic rings. The minimum absolute atomic E-state index is 0.245. The van der Waals surface area contributed by atoms with E-state index in [2.05, 4.69) is 25.5 Å². The van der Waals surface area contributed by atoms with E-state index >= 15 is 0 Å². The highest BCUT2D eigenvalue weighted by Crippen LogP contribution is 2.34. The van der Waals surface area contributed by atoms with Crippen LogP contribution in [0.5, 0.6) is 0 Å². The van der Waals surface area contributed by atoms with Gasteiger partial charge in [0.15, 0.2) is 0 Å². The van der Waals surface area contributed by atoms with Crippen LogP contribution in [0.3, 0.4) is 0 Å². The molecule has 0 spiro atoms. The first-order valence-electron chi connectivity index (χ1n) is 7.59. The summed E-state index contributed by atoms with van der Waals surface area (Å²) in [5.74, 6) is 0.580. The topological polar surface area (TPSA) is 69.6 Å². The van der Waals surface area contributed by atoms with E-state index in [0.717, 1.165) is 12.8 Å². The third-order valence-corrected chi connectivity index (χ3v) is 5.87. The van der Waals surface area contributed by atoms with Crippen LogP contribution in [-0.4, -0.2) is 43.6 Å². The van der Waals surface area contributed by atoms with E-state index in [-0.39, 0.29) is 5.41 Å². The van der Waals surface area contributed by atoms with Crippen molar-refractivity contribution in [2.75, 3.05) is 19.6 Å². The SMILES string of the molecule is CCC(O)CCNS(=O)(=O)N1CCC(C(C)(C)C)CC1. The first-order valence-corrected chi connectivity index (χ1v) is 9.03. The lowest BCUT2D eigenvalue weighted by Gasteiger charge is -2.38. The molecule has 2 N–H and O–H groups in total. The summed E-state index contributed by atoms with van der Waals surface area (Å²) in [5, 5.41) is 9.44. The molecule has 1 rings (SSSR count). The number of piperidine rings is 1. The maximum Gasteiger partial charge on any atom is 0.279 e. The fourth-order valence-electron chi connectivity index (χ4n) is 2.61. The highest BCUT2D eigenvalue weighted by Gasteiger charge is 2.32. The van der Waals surface area contributed by atoms with Crippen molar-refractivity contribution in [2.24, 2.45) is 11.3 Å². The summed E-state index contributed by atoms with van der Waals surface area (Å²) in [6.07, 6.45) is 2.53. The molecule has 1 aliphatic rings. The summed E-state index contributed by atoms with van der Waals surface area (Å²) in [6, 6.07) is 0. The van der Waals surface area contributed by atoms with Gasteiger partial charge in [-0.1, -0.05) is 27.7 Å². The van der Waals surface area contributed by atoms with E-state index in [9.17, 15) is 13.5 Å². The van der Waals surface area contributed by atoms with Crippen molar-refractivity contribution in [2.45, 2.75) is 59.5 Å². The van der Waals surface area contributed by atoms with Gasteiger partial charge in [-0.05, 0) is 37.0 Å². The van der Waals surface area contributed by atoms with Gasteiger partial charge in [0, 0.05) is 19.6 Å². The summed E-state index contributed by atoms with van der Waals surface area (Å²) in [5.41, 5.74) is 0.245. The van der Waals surface area contributed by atoms with Crippen molar-refractivity contribution < 1.29 is 13.5 Å². The second-order valence-electron chi connectivity index (χ2n) is 6.79. The van der Waals surface area contributed by atoms with Crippen LogP contribution in [0.25, 0.3) is 0 Å². The third-order valence-electron chi connectivity index (χ3n) is 4.25. The lowest BCUT2D eigenvalue weighted by molar-refractivity contribution is 0.151. The van der Waals surface area contributed by atoms with Gasteiger partial charge in [-0.3, -0.25) is 0 Å². The zero-order chi connectivity index (χ0) is 15.4. The lowest BCUT2D eigenvalue weighted by atomic mass is 9.76. The average molecular weight is 306 g/mol. The smallest absolute Gasteiger partial charge is 0.279 e. The molecule has 0 radical (unpaired) electrons. The Labute approximate surface area is 123 Å². The fourth-order valence-corrected chi connectivity index (χ4v) is 3.86. The van der Waals surface area contributed by atoms with Crippen LogP contribution in [0.4, 0.5) is 0 Å². The Morgan fingerprint density at radius 2 is 1.85 bits per heavy atom. The Hall–Kier alpha value is -0.170.